The van der Waals surface area contributed by atoms with Crippen molar-refractivity contribution < 1.29 is 14.3 Å². The van der Waals surface area contributed by atoms with Crippen LogP contribution >= 0.6 is 0 Å². The molecule has 1 aromatic carbocycles. The highest BCUT2D eigenvalue weighted by Crippen LogP contribution is 2.26. The van der Waals surface area contributed by atoms with Crippen LogP contribution in [0.1, 0.15) is 30.2 Å². The number of hydrogen-bond acceptors (Lipinski definition) is 8. The normalized spacial score (nSPS) is 13.6. The molecule has 3 heterocycles. The zero-order chi connectivity index (χ0) is 24.1. The van der Waals surface area contributed by atoms with Gasteiger partial charge in [-0.3, -0.25) is 4.79 Å². The molecular formula is C23H26N8O3. The molecule has 0 unspecified atom stereocenters. The number of nitrogens with one attached hydrogen (secondary N) is 1. The van der Waals surface area contributed by atoms with E-state index in [0.29, 0.717) is 56.2 Å². The smallest absolute Gasteiger partial charge is 0.321 e. The summed E-state index contributed by atoms with van der Waals surface area (Å²) in [4.78, 5) is 37.4. The number of aryl methyl sites for hydroxylation is 1. The minimum Gasteiger partial charge on any atom is -0.466 e. The number of carbonyl (C=O) groups excluding carboxylic acids is 2. The van der Waals surface area contributed by atoms with Gasteiger partial charge in [-0.1, -0.05) is 0 Å². The van der Waals surface area contributed by atoms with Gasteiger partial charge in [0.05, 0.1) is 18.2 Å². The fourth-order valence-corrected chi connectivity index (χ4v) is 4.00. The molecule has 0 spiro atoms. The molecule has 1 saturated heterocycles. The molecule has 2 aromatic heterocycles. The number of esters is 1. The van der Waals surface area contributed by atoms with Gasteiger partial charge < -0.3 is 19.9 Å². The standard InChI is InChI=1S/C23H26N8O3/c1-3-34-20(32)9-8-19-16(2)27-22-25-15-26-31(22)21(19)29-10-12-30(13-11-29)23(33)28-18-6-4-17(14-24)5-7-18/h4-7,15H,3,8-13H2,1-2H3,(H,28,33). The Morgan fingerprint density at radius 3 is 2.59 bits per heavy atom. The fraction of sp³-hybridized carbons (Fsp3) is 0.391. The van der Waals surface area contributed by atoms with Crippen molar-refractivity contribution in [3.05, 3.63) is 47.4 Å². The van der Waals surface area contributed by atoms with E-state index in [0.717, 1.165) is 17.1 Å². The third-order valence-electron chi connectivity index (χ3n) is 5.72. The van der Waals surface area contributed by atoms with Gasteiger partial charge in [0.15, 0.2) is 0 Å². The first-order chi connectivity index (χ1) is 16.5. The second-order valence-electron chi connectivity index (χ2n) is 7.87. The number of hydrogen-bond donors (Lipinski definition) is 1. The van der Waals surface area contributed by atoms with Crippen molar-refractivity contribution in [2.45, 2.75) is 26.7 Å². The first-order valence-corrected chi connectivity index (χ1v) is 11.2. The van der Waals surface area contributed by atoms with Gasteiger partial charge >= 0.3 is 12.0 Å². The number of urea groups is 1. The summed E-state index contributed by atoms with van der Waals surface area (Å²) < 4.78 is 6.78. The molecule has 4 rings (SSSR count). The molecule has 0 atom stereocenters. The maximum Gasteiger partial charge on any atom is 0.321 e. The van der Waals surface area contributed by atoms with Crippen molar-refractivity contribution in [1.82, 2.24) is 24.5 Å². The Labute approximate surface area is 197 Å². The largest absolute Gasteiger partial charge is 0.466 e. The number of fused-ring (bicyclic) bond motifs is 1. The highest BCUT2D eigenvalue weighted by molar-refractivity contribution is 5.89. The van der Waals surface area contributed by atoms with E-state index in [1.54, 1.807) is 40.6 Å². The second kappa shape index (κ2) is 10.2. The fourth-order valence-electron chi connectivity index (χ4n) is 4.00. The summed E-state index contributed by atoms with van der Waals surface area (Å²) in [7, 11) is 0. The lowest BCUT2D eigenvalue weighted by molar-refractivity contribution is -0.143. The lowest BCUT2D eigenvalue weighted by Gasteiger charge is -2.36. The Hall–Kier alpha value is -4.20. The third-order valence-corrected chi connectivity index (χ3v) is 5.72. The number of aromatic nitrogens is 4. The predicted octanol–water partition coefficient (Wildman–Crippen LogP) is 2.15. The first kappa shape index (κ1) is 23.0. The molecule has 34 heavy (non-hydrogen) atoms. The summed E-state index contributed by atoms with van der Waals surface area (Å²) in [6, 6.07) is 8.63. The summed E-state index contributed by atoms with van der Waals surface area (Å²) in [6.07, 6.45) is 2.18. The van der Waals surface area contributed by atoms with E-state index >= 15 is 0 Å². The van der Waals surface area contributed by atoms with Gasteiger partial charge in [0.25, 0.3) is 5.78 Å². The van der Waals surface area contributed by atoms with Crippen LogP contribution in [0.25, 0.3) is 5.78 Å². The molecule has 0 aliphatic carbocycles. The van der Waals surface area contributed by atoms with Gasteiger partial charge in [0, 0.05) is 49.5 Å². The quantitative estimate of drug-likeness (QED) is 0.552. The Morgan fingerprint density at radius 1 is 1.18 bits per heavy atom. The van der Waals surface area contributed by atoms with Gasteiger partial charge in [0.2, 0.25) is 0 Å². The van der Waals surface area contributed by atoms with Crippen LogP contribution in [-0.2, 0) is 16.0 Å². The van der Waals surface area contributed by atoms with E-state index in [1.165, 1.54) is 6.33 Å². The number of rotatable bonds is 6. The van der Waals surface area contributed by atoms with Gasteiger partial charge in [0.1, 0.15) is 12.1 Å². The van der Waals surface area contributed by atoms with Gasteiger partial charge in [-0.15, -0.1) is 0 Å². The van der Waals surface area contributed by atoms with Crippen molar-refractivity contribution in [3.8, 4) is 6.07 Å². The van der Waals surface area contributed by atoms with Crippen molar-refractivity contribution in [1.29, 1.82) is 5.26 Å². The lowest BCUT2D eigenvalue weighted by atomic mass is 10.1. The van der Waals surface area contributed by atoms with Crippen LogP contribution in [0.4, 0.5) is 16.3 Å². The molecule has 3 aromatic rings. The number of ether oxygens (including phenoxy) is 1. The van der Waals surface area contributed by atoms with Crippen LogP contribution in [0.3, 0.4) is 0 Å². The van der Waals surface area contributed by atoms with E-state index in [-0.39, 0.29) is 18.4 Å². The Morgan fingerprint density at radius 2 is 1.91 bits per heavy atom. The summed E-state index contributed by atoms with van der Waals surface area (Å²) in [5, 5.41) is 16.2. The molecule has 0 bridgehead atoms. The number of anilines is 2. The van der Waals surface area contributed by atoms with Gasteiger partial charge in [-0.2, -0.15) is 19.9 Å². The zero-order valence-corrected chi connectivity index (χ0v) is 19.2. The van der Waals surface area contributed by atoms with Gasteiger partial charge in [-0.25, -0.2) is 9.78 Å². The van der Waals surface area contributed by atoms with E-state index in [1.807, 2.05) is 6.92 Å². The summed E-state index contributed by atoms with van der Waals surface area (Å²) in [5.41, 5.74) is 2.89. The molecule has 11 heteroatoms. The van der Waals surface area contributed by atoms with Crippen LogP contribution in [-0.4, -0.2) is 69.3 Å². The average molecular weight is 463 g/mol. The summed E-state index contributed by atoms with van der Waals surface area (Å²) >= 11 is 0. The van der Waals surface area contributed by atoms with Crippen LogP contribution < -0.4 is 10.2 Å². The molecular weight excluding hydrogens is 436 g/mol. The van der Waals surface area contributed by atoms with Crippen LogP contribution in [0.15, 0.2) is 30.6 Å². The number of nitriles is 1. The number of nitrogens with zero attached hydrogens (tertiary/aromatic N) is 7. The zero-order valence-electron chi connectivity index (χ0n) is 19.2. The maximum atomic E-state index is 12.7. The van der Waals surface area contributed by atoms with E-state index in [4.69, 9.17) is 10.00 Å². The molecule has 1 aliphatic heterocycles. The summed E-state index contributed by atoms with van der Waals surface area (Å²) in [5.74, 6) is 1.08. The van der Waals surface area contributed by atoms with E-state index < -0.39 is 0 Å². The lowest BCUT2D eigenvalue weighted by Crippen LogP contribution is -2.50. The van der Waals surface area contributed by atoms with Gasteiger partial charge in [-0.05, 0) is 44.5 Å². The summed E-state index contributed by atoms with van der Waals surface area (Å²) in [6.45, 7) is 6.23. The van der Waals surface area contributed by atoms with E-state index in [9.17, 15) is 9.59 Å². The molecule has 176 valence electrons. The van der Waals surface area contributed by atoms with Crippen molar-refractivity contribution in [2.24, 2.45) is 0 Å². The minimum atomic E-state index is -0.254. The van der Waals surface area contributed by atoms with Crippen LogP contribution in [0.2, 0.25) is 0 Å². The average Bonchev–Trinajstić information content (AvgIpc) is 3.31. The second-order valence-corrected chi connectivity index (χ2v) is 7.87. The molecule has 0 radical (unpaired) electrons. The van der Waals surface area contributed by atoms with Crippen LogP contribution in [0, 0.1) is 18.3 Å². The minimum absolute atomic E-state index is 0.191. The number of benzene rings is 1. The van der Waals surface area contributed by atoms with Crippen LogP contribution in [0.5, 0.6) is 0 Å². The Balaban J connectivity index is 1.48. The predicted molar refractivity (Wildman–Crippen MR) is 124 cm³/mol. The highest BCUT2D eigenvalue weighted by atomic mass is 16.5. The number of piperazine rings is 1. The Bertz CT molecular complexity index is 1220. The van der Waals surface area contributed by atoms with Crippen molar-refractivity contribution in [3.63, 3.8) is 0 Å². The molecule has 1 aliphatic rings. The van der Waals surface area contributed by atoms with Crippen molar-refractivity contribution >= 4 is 29.3 Å². The Kier molecular flexibility index (Phi) is 6.87. The molecule has 1 N–H and O–H groups in total. The SMILES string of the molecule is CCOC(=O)CCc1c(C)nc2ncnn2c1N1CCN(C(=O)Nc2ccc(C#N)cc2)CC1. The monoisotopic (exact) mass is 462 g/mol. The number of carbonyl (C=O) groups is 2. The highest BCUT2D eigenvalue weighted by Gasteiger charge is 2.26. The van der Waals surface area contributed by atoms with Crippen molar-refractivity contribution in [2.75, 3.05) is 43.0 Å². The molecule has 1 fully saturated rings. The molecule has 11 nitrogen and oxygen atoms in total. The first-order valence-electron chi connectivity index (χ1n) is 11.2. The topological polar surface area (TPSA) is 129 Å². The molecule has 0 saturated carbocycles. The maximum absolute atomic E-state index is 12.7. The number of amides is 2. The third kappa shape index (κ3) is 4.91. The molecule has 2 amide bonds. The van der Waals surface area contributed by atoms with E-state index in [2.05, 4.69) is 31.4 Å².